The zero-order valence-corrected chi connectivity index (χ0v) is 23.2. The highest BCUT2D eigenvalue weighted by atomic mass is 79.9. The highest BCUT2D eigenvalue weighted by molar-refractivity contribution is 9.10. The highest BCUT2D eigenvalue weighted by Gasteiger charge is 2.32. The minimum absolute atomic E-state index is 0.118. The van der Waals surface area contributed by atoms with Crippen LogP contribution in [0.1, 0.15) is 37.5 Å². The van der Waals surface area contributed by atoms with E-state index >= 15 is 0 Å². The summed E-state index contributed by atoms with van der Waals surface area (Å²) in [6.07, 6.45) is 0.408. The van der Waals surface area contributed by atoms with Gasteiger partial charge in [-0.15, -0.1) is 11.8 Å². The number of nitrogens with one attached hydrogen (secondary N) is 1. The summed E-state index contributed by atoms with van der Waals surface area (Å²) < 4.78 is 14.1. The van der Waals surface area contributed by atoms with Crippen molar-refractivity contribution in [2.75, 3.05) is 5.75 Å². The molecule has 0 radical (unpaired) electrons. The fourth-order valence-corrected chi connectivity index (χ4v) is 5.08. The maximum Gasteiger partial charge on any atom is 0.243 e. The molecule has 1 atom stereocenters. The normalized spacial score (nSPS) is 12.1. The number of benzene rings is 3. The summed E-state index contributed by atoms with van der Waals surface area (Å²) >= 11 is 4.96. The third-order valence-corrected chi connectivity index (χ3v) is 6.90. The molecule has 0 saturated heterocycles. The quantitative estimate of drug-likeness (QED) is 0.308. The number of halogens is 2. The van der Waals surface area contributed by atoms with Gasteiger partial charge in [-0.1, -0.05) is 70.5 Å². The van der Waals surface area contributed by atoms with Crippen molar-refractivity contribution in [2.45, 2.75) is 51.1 Å². The summed E-state index contributed by atoms with van der Waals surface area (Å²) in [6.45, 7) is 6.11. The van der Waals surface area contributed by atoms with Gasteiger partial charge in [0.2, 0.25) is 11.8 Å². The van der Waals surface area contributed by atoms with Crippen LogP contribution >= 0.6 is 27.7 Å². The van der Waals surface area contributed by atoms with Gasteiger partial charge in [0.05, 0.1) is 5.75 Å². The number of hydrogen-bond donors (Lipinski definition) is 1. The topological polar surface area (TPSA) is 49.4 Å². The van der Waals surface area contributed by atoms with Crippen LogP contribution in [0, 0.1) is 5.82 Å². The number of thioether (sulfide) groups is 1. The van der Waals surface area contributed by atoms with Gasteiger partial charge >= 0.3 is 0 Å². The van der Waals surface area contributed by atoms with E-state index in [4.69, 9.17) is 0 Å². The van der Waals surface area contributed by atoms with Crippen LogP contribution in [0.5, 0.6) is 0 Å². The van der Waals surface area contributed by atoms with Crippen LogP contribution in [0.25, 0.3) is 0 Å². The summed E-state index contributed by atoms with van der Waals surface area (Å²) in [5.41, 5.74) is 2.42. The Morgan fingerprint density at radius 3 is 2.25 bits per heavy atom. The number of hydrogen-bond acceptors (Lipinski definition) is 3. The molecule has 190 valence electrons. The smallest absolute Gasteiger partial charge is 0.243 e. The summed E-state index contributed by atoms with van der Waals surface area (Å²) in [7, 11) is 0. The molecule has 1 N–H and O–H groups in total. The van der Waals surface area contributed by atoms with Crippen molar-refractivity contribution in [3.8, 4) is 0 Å². The maximum absolute atomic E-state index is 13.6. The molecule has 0 aliphatic carbocycles. The van der Waals surface area contributed by atoms with E-state index in [0.717, 1.165) is 21.2 Å². The Labute approximate surface area is 225 Å². The van der Waals surface area contributed by atoms with Crippen molar-refractivity contribution < 1.29 is 14.0 Å². The molecule has 0 heterocycles. The average molecular weight is 572 g/mol. The number of nitrogens with zero attached hydrogens (tertiary/aromatic N) is 1. The van der Waals surface area contributed by atoms with Gasteiger partial charge in [0.1, 0.15) is 11.9 Å². The van der Waals surface area contributed by atoms with E-state index in [1.165, 1.54) is 23.9 Å². The first-order chi connectivity index (χ1) is 17.1. The lowest BCUT2D eigenvalue weighted by molar-refractivity contribution is -0.140. The monoisotopic (exact) mass is 570 g/mol. The summed E-state index contributed by atoms with van der Waals surface area (Å²) in [6, 6.07) is 23.1. The Morgan fingerprint density at radius 2 is 1.61 bits per heavy atom. The van der Waals surface area contributed by atoms with Crippen LogP contribution < -0.4 is 5.32 Å². The maximum atomic E-state index is 13.6. The van der Waals surface area contributed by atoms with Crippen LogP contribution in [-0.4, -0.2) is 34.0 Å². The Bertz CT molecular complexity index is 1150. The molecule has 0 fully saturated rings. The Hall–Kier alpha value is -2.64. The lowest BCUT2D eigenvalue weighted by Crippen LogP contribution is -2.54. The third kappa shape index (κ3) is 9.10. The molecular formula is C29H32BrFN2O2S. The predicted molar refractivity (Wildman–Crippen MR) is 149 cm³/mol. The molecule has 36 heavy (non-hydrogen) atoms. The molecule has 7 heteroatoms. The van der Waals surface area contributed by atoms with Crippen molar-refractivity contribution in [3.63, 3.8) is 0 Å². The minimum Gasteiger partial charge on any atom is -0.350 e. The van der Waals surface area contributed by atoms with Gasteiger partial charge in [-0.25, -0.2) is 4.39 Å². The van der Waals surface area contributed by atoms with Crippen molar-refractivity contribution in [1.29, 1.82) is 0 Å². The molecule has 4 nitrogen and oxygen atoms in total. The fraction of sp³-hybridized carbons (Fsp3) is 0.310. The van der Waals surface area contributed by atoms with E-state index in [2.05, 4.69) is 21.2 Å². The summed E-state index contributed by atoms with van der Waals surface area (Å²) in [5, 5.41) is 3.07. The van der Waals surface area contributed by atoms with Gasteiger partial charge in [0.25, 0.3) is 0 Å². The van der Waals surface area contributed by atoms with Gasteiger partial charge in [-0.3, -0.25) is 9.59 Å². The third-order valence-electron chi connectivity index (χ3n) is 5.42. The second kappa shape index (κ2) is 13.1. The molecule has 2 amide bonds. The Kier molecular flexibility index (Phi) is 10.1. The van der Waals surface area contributed by atoms with E-state index in [-0.39, 0.29) is 23.4 Å². The van der Waals surface area contributed by atoms with Crippen molar-refractivity contribution in [2.24, 2.45) is 0 Å². The van der Waals surface area contributed by atoms with Crippen LogP contribution in [0.3, 0.4) is 0 Å². The van der Waals surface area contributed by atoms with Crippen LogP contribution in [0.2, 0.25) is 0 Å². The minimum atomic E-state index is -0.676. The molecular weight excluding hydrogens is 539 g/mol. The zero-order valence-electron chi connectivity index (χ0n) is 20.8. The average Bonchev–Trinajstić information content (AvgIpc) is 2.82. The van der Waals surface area contributed by atoms with Crippen molar-refractivity contribution >= 4 is 39.5 Å². The summed E-state index contributed by atoms with van der Waals surface area (Å²) in [5.74, 6) is 0.201. The van der Waals surface area contributed by atoms with E-state index in [0.29, 0.717) is 18.7 Å². The first-order valence-electron chi connectivity index (χ1n) is 11.8. The van der Waals surface area contributed by atoms with Gasteiger partial charge < -0.3 is 10.2 Å². The number of rotatable bonds is 10. The first kappa shape index (κ1) is 27.9. The Morgan fingerprint density at radius 1 is 0.944 bits per heavy atom. The number of carbonyl (C=O) groups excluding carboxylic acids is 2. The molecule has 0 aliphatic rings. The van der Waals surface area contributed by atoms with E-state index in [1.807, 2.05) is 75.4 Å². The van der Waals surface area contributed by atoms with Crippen molar-refractivity contribution in [3.05, 3.63) is 106 Å². The molecule has 0 saturated carbocycles. The lowest BCUT2D eigenvalue weighted by Gasteiger charge is -2.34. The molecule has 0 unspecified atom stereocenters. The molecule has 0 spiro atoms. The molecule has 3 rings (SSSR count). The van der Waals surface area contributed by atoms with Gasteiger partial charge in [-0.2, -0.15) is 0 Å². The fourth-order valence-electron chi connectivity index (χ4n) is 3.76. The highest BCUT2D eigenvalue weighted by Crippen LogP contribution is 2.21. The van der Waals surface area contributed by atoms with E-state index < -0.39 is 11.6 Å². The van der Waals surface area contributed by atoms with Crippen LogP contribution in [0.15, 0.2) is 83.3 Å². The van der Waals surface area contributed by atoms with Gasteiger partial charge in [0, 0.05) is 28.7 Å². The van der Waals surface area contributed by atoms with Gasteiger partial charge in [-0.05, 0) is 61.7 Å². The SMILES string of the molecule is CC(C)(C)NC(=O)[C@@H](Cc1ccccc1)N(Cc1cccc(Br)c1)C(=O)CSCc1ccc(F)cc1. The largest absolute Gasteiger partial charge is 0.350 e. The number of amides is 2. The predicted octanol–water partition coefficient (Wildman–Crippen LogP) is 6.38. The molecule has 0 aromatic heterocycles. The van der Waals surface area contributed by atoms with Crippen molar-refractivity contribution in [1.82, 2.24) is 10.2 Å². The molecule has 0 aliphatic heterocycles. The molecule has 3 aromatic carbocycles. The molecule has 3 aromatic rings. The number of carbonyl (C=O) groups is 2. The second-order valence-corrected chi connectivity index (χ2v) is 11.6. The zero-order chi connectivity index (χ0) is 26.1. The van der Waals surface area contributed by atoms with Crippen LogP contribution in [0.4, 0.5) is 4.39 Å². The summed E-state index contributed by atoms with van der Waals surface area (Å²) in [4.78, 5) is 28.9. The molecule has 0 bridgehead atoms. The van der Waals surface area contributed by atoms with E-state index in [1.54, 1.807) is 17.0 Å². The van der Waals surface area contributed by atoms with E-state index in [9.17, 15) is 14.0 Å². The lowest BCUT2D eigenvalue weighted by atomic mass is 10.0. The van der Waals surface area contributed by atoms with Gasteiger partial charge in [0.15, 0.2) is 0 Å². The Balaban J connectivity index is 1.86. The first-order valence-corrected chi connectivity index (χ1v) is 13.8. The second-order valence-electron chi connectivity index (χ2n) is 9.72. The van der Waals surface area contributed by atoms with Crippen LogP contribution in [-0.2, 0) is 28.3 Å². The standard InChI is InChI=1S/C29H32BrFN2O2S/c1-29(2,3)32-28(35)26(17-21-8-5-4-6-9-21)33(18-23-10-7-11-24(30)16-23)27(34)20-36-19-22-12-14-25(31)15-13-22/h4-16,26H,17-20H2,1-3H3,(H,32,35)/t26-/m1/s1.